The van der Waals surface area contributed by atoms with Crippen molar-refractivity contribution in [2.24, 2.45) is 12.8 Å². The molecule has 3 N–H and O–H groups in total. The molecular weight excluding hydrogens is 268 g/mol. The zero-order chi connectivity index (χ0) is 14.8. The van der Waals surface area contributed by atoms with E-state index in [4.69, 9.17) is 5.73 Å². The molecule has 7 nitrogen and oxygen atoms in total. The van der Waals surface area contributed by atoms with Gasteiger partial charge in [0, 0.05) is 37.2 Å². The SMILES string of the molecule is Cn1cc(C(N)C(=O)NC2CCCC2n2ccnc2)cn1. The minimum absolute atomic E-state index is 0.106. The van der Waals surface area contributed by atoms with Gasteiger partial charge in [0.05, 0.1) is 18.6 Å². The Hall–Kier alpha value is -2.15. The van der Waals surface area contributed by atoms with Crippen LogP contribution in [0.2, 0.25) is 0 Å². The monoisotopic (exact) mass is 288 g/mol. The summed E-state index contributed by atoms with van der Waals surface area (Å²) in [6, 6.07) is -0.310. The number of aromatic nitrogens is 4. The van der Waals surface area contributed by atoms with Crippen molar-refractivity contribution in [3.63, 3.8) is 0 Å². The van der Waals surface area contributed by atoms with Gasteiger partial charge in [0.15, 0.2) is 0 Å². The van der Waals surface area contributed by atoms with E-state index in [2.05, 4.69) is 20.0 Å². The van der Waals surface area contributed by atoms with Crippen LogP contribution in [0.15, 0.2) is 31.1 Å². The van der Waals surface area contributed by atoms with Crippen LogP contribution in [0.5, 0.6) is 0 Å². The Kier molecular flexibility index (Phi) is 3.74. The molecule has 1 fully saturated rings. The van der Waals surface area contributed by atoms with Crippen LogP contribution in [-0.2, 0) is 11.8 Å². The van der Waals surface area contributed by atoms with Gasteiger partial charge >= 0.3 is 0 Å². The van der Waals surface area contributed by atoms with E-state index in [1.807, 2.05) is 6.20 Å². The molecule has 2 aromatic rings. The molecular formula is C14H20N6O. The number of hydrogen-bond donors (Lipinski definition) is 2. The van der Waals surface area contributed by atoms with Crippen molar-refractivity contribution in [2.45, 2.75) is 37.4 Å². The Morgan fingerprint density at radius 3 is 3.05 bits per heavy atom. The predicted molar refractivity (Wildman–Crippen MR) is 77.2 cm³/mol. The lowest BCUT2D eigenvalue weighted by Crippen LogP contribution is -2.42. The third-order valence-corrected chi connectivity index (χ3v) is 4.08. The zero-order valence-electron chi connectivity index (χ0n) is 12.0. The summed E-state index contributed by atoms with van der Waals surface area (Å²) in [5.41, 5.74) is 6.74. The molecule has 1 aliphatic carbocycles. The van der Waals surface area contributed by atoms with Crippen LogP contribution >= 0.6 is 0 Å². The van der Waals surface area contributed by atoms with E-state index in [1.54, 1.807) is 36.6 Å². The van der Waals surface area contributed by atoms with E-state index in [1.165, 1.54) is 0 Å². The maximum atomic E-state index is 12.3. The zero-order valence-corrected chi connectivity index (χ0v) is 12.0. The van der Waals surface area contributed by atoms with Crippen LogP contribution in [0.4, 0.5) is 0 Å². The van der Waals surface area contributed by atoms with Crippen LogP contribution in [0.1, 0.15) is 36.9 Å². The van der Waals surface area contributed by atoms with Gasteiger partial charge in [0.1, 0.15) is 6.04 Å². The van der Waals surface area contributed by atoms with Crippen molar-refractivity contribution in [1.82, 2.24) is 24.6 Å². The number of carbonyl (C=O) groups excluding carboxylic acids is 1. The van der Waals surface area contributed by atoms with Crippen LogP contribution in [-0.4, -0.2) is 31.3 Å². The van der Waals surface area contributed by atoms with E-state index in [-0.39, 0.29) is 18.0 Å². The third-order valence-electron chi connectivity index (χ3n) is 4.08. The molecule has 3 atom stereocenters. The second kappa shape index (κ2) is 5.69. The normalized spacial score (nSPS) is 23.1. The average molecular weight is 288 g/mol. The lowest BCUT2D eigenvalue weighted by molar-refractivity contribution is -0.123. The maximum absolute atomic E-state index is 12.3. The first-order chi connectivity index (χ1) is 10.1. The van der Waals surface area contributed by atoms with E-state index in [0.717, 1.165) is 24.8 Å². The van der Waals surface area contributed by atoms with Crippen molar-refractivity contribution in [2.75, 3.05) is 0 Å². The van der Waals surface area contributed by atoms with Crippen molar-refractivity contribution >= 4 is 5.91 Å². The molecule has 0 aromatic carbocycles. The Balaban J connectivity index is 1.66. The first-order valence-corrected chi connectivity index (χ1v) is 7.17. The lowest BCUT2D eigenvalue weighted by atomic mass is 10.1. The minimum atomic E-state index is -0.678. The Morgan fingerprint density at radius 1 is 1.52 bits per heavy atom. The third kappa shape index (κ3) is 2.82. The fourth-order valence-electron chi connectivity index (χ4n) is 2.96. The summed E-state index contributed by atoms with van der Waals surface area (Å²) >= 11 is 0. The van der Waals surface area contributed by atoms with E-state index in [9.17, 15) is 4.79 Å². The highest BCUT2D eigenvalue weighted by molar-refractivity contribution is 5.83. The first-order valence-electron chi connectivity index (χ1n) is 7.17. The number of nitrogens with zero attached hydrogens (tertiary/aromatic N) is 4. The highest BCUT2D eigenvalue weighted by Gasteiger charge is 2.31. The lowest BCUT2D eigenvalue weighted by Gasteiger charge is -2.23. The van der Waals surface area contributed by atoms with Crippen LogP contribution in [0.3, 0.4) is 0 Å². The Labute approximate surface area is 123 Å². The van der Waals surface area contributed by atoms with Crippen LogP contribution in [0, 0.1) is 0 Å². The first kappa shape index (κ1) is 13.8. The van der Waals surface area contributed by atoms with Gasteiger partial charge in [0.25, 0.3) is 0 Å². The maximum Gasteiger partial charge on any atom is 0.241 e. The van der Waals surface area contributed by atoms with Gasteiger partial charge in [-0.15, -0.1) is 0 Å². The molecule has 21 heavy (non-hydrogen) atoms. The van der Waals surface area contributed by atoms with Crippen molar-refractivity contribution < 1.29 is 4.79 Å². The summed E-state index contributed by atoms with van der Waals surface area (Å²) in [7, 11) is 1.81. The molecule has 3 rings (SSSR count). The highest BCUT2D eigenvalue weighted by atomic mass is 16.2. The van der Waals surface area contributed by atoms with Gasteiger partial charge in [-0.2, -0.15) is 5.10 Å². The largest absolute Gasteiger partial charge is 0.350 e. The molecule has 2 heterocycles. The van der Waals surface area contributed by atoms with E-state index < -0.39 is 6.04 Å². The molecule has 0 aliphatic heterocycles. The summed E-state index contributed by atoms with van der Waals surface area (Å²) in [4.78, 5) is 16.4. The smallest absolute Gasteiger partial charge is 0.241 e. The summed E-state index contributed by atoms with van der Waals surface area (Å²) in [6.07, 6.45) is 12.0. The van der Waals surface area contributed by atoms with E-state index in [0.29, 0.717) is 0 Å². The molecule has 3 unspecified atom stereocenters. The van der Waals surface area contributed by atoms with Gasteiger partial charge in [-0.1, -0.05) is 0 Å². The van der Waals surface area contributed by atoms with Gasteiger partial charge in [-0.25, -0.2) is 4.98 Å². The summed E-state index contributed by atoms with van der Waals surface area (Å²) in [6.45, 7) is 0. The van der Waals surface area contributed by atoms with Gasteiger partial charge in [-0.05, 0) is 19.3 Å². The molecule has 7 heteroatoms. The molecule has 0 spiro atoms. The highest BCUT2D eigenvalue weighted by Crippen LogP contribution is 2.30. The number of imidazole rings is 1. The van der Waals surface area contributed by atoms with Gasteiger partial charge in [0.2, 0.25) is 5.91 Å². The molecule has 0 bridgehead atoms. The van der Waals surface area contributed by atoms with Gasteiger partial charge < -0.3 is 15.6 Å². The topological polar surface area (TPSA) is 90.8 Å². The fraction of sp³-hybridized carbons (Fsp3) is 0.500. The molecule has 1 amide bonds. The van der Waals surface area contributed by atoms with Gasteiger partial charge in [-0.3, -0.25) is 9.48 Å². The molecule has 1 aliphatic rings. The fourth-order valence-corrected chi connectivity index (χ4v) is 2.96. The number of amides is 1. The van der Waals surface area contributed by atoms with Crippen molar-refractivity contribution in [3.8, 4) is 0 Å². The number of carbonyl (C=O) groups is 1. The summed E-state index contributed by atoms with van der Waals surface area (Å²) in [5, 5.41) is 7.13. The molecule has 0 saturated heterocycles. The summed E-state index contributed by atoms with van der Waals surface area (Å²) < 4.78 is 3.71. The molecule has 1 saturated carbocycles. The van der Waals surface area contributed by atoms with E-state index >= 15 is 0 Å². The predicted octanol–water partition coefficient (Wildman–Crippen LogP) is 0.526. The summed E-state index contributed by atoms with van der Waals surface area (Å²) in [5.74, 6) is -0.153. The average Bonchev–Trinajstić information content (AvgIpc) is 3.17. The molecule has 2 aromatic heterocycles. The number of nitrogens with one attached hydrogen (secondary N) is 1. The second-order valence-electron chi connectivity index (χ2n) is 5.55. The van der Waals surface area contributed by atoms with Crippen LogP contribution < -0.4 is 11.1 Å². The number of nitrogens with two attached hydrogens (primary N) is 1. The van der Waals surface area contributed by atoms with Crippen molar-refractivity contribution in [1.29, 1.82) is 0 Å². The molecule has 0 radical (unpaired) electrons. The number of rotatable bonds is 4. The Morgan fingerprint density at radius 2 is 2.38 bits per heavy atom. The standard InChI is InChI=1S/C14H20N6O/c1-19-8-10(7-17-19)13(15)14(21)18-11-3-2-4-12(11)20-6-5-16-9-20/h5-9,11-13H,2-4,15H2,1H3,(H,18,21). The number of aryl methyl sites for hydroxylation is 1. The minimum Gasteiger partial charge on any atom is -0.350 e. The quantitative estimate of drug-likeness (QED) is 0.858. The number of hydrogen-bond acceptors (Lipinski definition) is 4. The second-order valence-corrected chi connectivity index (χ2v) is 5.55. The molecule has 112 valence electrons. The Bertz CT molecular complexity index is 605. The van der Waals surface area contributed by atoms with Crippen molar-refractivity contribution in [3.05, 3.63) is 36.7 Å². The van der Waals surface area contributed by atoms with Crippen LogP contribution in [0.25, 0.3) is 0 Å².